The highest BCUT2D eigenvalue weighted by Gasteiger charge is 2.55. The SMILES string of the molecule is CCCCOc1ccccc1CN1C(=O)C2(OCCO2)c2ccccc21. The molecule has 2 aromatic carbocycles. The summed E-state index contributed by atoms with van der Waals surface area (Å²) >= 11 is 0. The molecule has 0 aliphatic carbocycles. The Morgan fingerprint density at radius 1 is 1.08 bits per heavy atom. The van der Waals surface area contributed by atoms with E-state index in [0.29, 0.717) is 26.4 Å². The van der Waals surface area contributed by atoms with Crippen molar-refractivity contribution < 1.29 is 19.0 Å². The Bertz CT molecular complexity index is 798. The van der Waals surface area contributed by atoms with Crippen molar-refractivity contribution in [3.63, 3.8) is 0 Å². The Labute approximate surface area is 153 Å². The van der Waals surface area contributed by atoms with E-state index in [1.165, 1.54) is 0 Å². The van der Waals surface area contributed by atoms with E-state index in [0.717, 1.165) is 35.4 Å². The van der Waals surface area contributed by atoms with Crippen molar-refractivity contribution in [1.29, 1.82) is 0 Å². The molecule has 2 heterocycles. The molecule has 136 valence electrons. The molecule has 5 heteroatoms. The van der Waals surface area contributed by atoms with Crippen LogP contribution in [0, 0.1) is 0 Å². The number of rotatable bonds is 6. The molecule has 0 saturated carbocycles. The Balaban J connectivity index is 1.64. The number of fused-ring (bicyclic) bond motifs is 2. The quantitative estimate of drug-likeness (QED) is 0.745. The number of carbonyl (C=O) groups is 1. The van der Waals surface area contributed by atoms with Gasteiger partial charge in [-0.1, -0.05) is 49.7 Å². The molecule has 0 bridgehead atoms. The summed E-state index contributed by atoms with van der Waals surface area (Å²) < 4.78 is 17.5. The maximum absolute atomic E-state index is 13.2. The average Bonchev–Trinajstić information content (AvgIpc) is 3.25. The molecule has 0 atom stereocenters. The second kappa shape index (κ2) is 7.09. The molecule has 0 unspecified atom stereocenters. The third kappa shape index (κ3) is 2.77. The van der Waals surface area contributed by atoms with Gasteiger partial charge in [0.2, 0.25) is 0 Å². The molecule has 1 spiro atoms. The van der Waals surface area contributed by atoms with Crippen LogP contribution in [0.1, 0.15) is 30.9 Å². The number of carbonyl (C=O) groups excluding carboxylic acids is 1. The lowest BCUT2D eigenvalue weighted by Crippen LogP contribution is -2.40. The van der Waals surface area contributed by atoms with Crippen LogP contribution in [0.3, 0.4) is 0 Å². The Morgan fingerprint density at radius 2 is 1.81 bits per heavy atom. The van der Waals surface area contributed by atoms with Crippen LogP contribution in [0.5, 0.6) is 5.75 Å². The van der Waals surface area contributed by atoms with Crippen molar-refractivity contribution in [2.24, 2.45) is 0 Å². The highest BCUT2D eigenvalue weighted by Crippen LogP contribution is 2.46. The highest BCUT2D eigenvalue weighted by molar-refractivity contribution is 6.06. The zero-order valence-electron chi connectivity index (χ0n) is 14.9. The molecule has 2 aliphatic heterocycles. The summed E-state index contributed by atoms with van der Waals surface area (Å²) in [7, 11) is 0. The smallest absolute Gasteiger partial charge is 0.292 e. The zero-order chi connectivity index (χ0) is 18.0. The maximum Gasteiger partial charge on any atom is 0.292 e. The largest absolute Gasteiger partial charge is 0.493 e. The number of benzene rings is 2. The minimum atomic E-state index is -1.28. The molecule has 1 fully saturated rings. The van der Waals surface area contributed by atoms with Crippen LogP contribution in [-0.2, 0) is 26.6 Å². The predicted octanol–water partition coefficient (Wildman–Crippen LogP) is 3.61. The van der Waals surface area contributed by atoms with Gasteiger partial charge >= 0.3 is 0 Å². The van der Waals surface area contributed by atoms with Gasteiger partial charge < -0.3 is 19.1 Å². The van der Waals surface area contributed by atoms with Crippen LogP contribution in [0.15, 0.2) is 48.5 Å². The number of hydrogen-bond donors (Lipinski definition) is 0. The number of anilines is 1. The van der Waals surface area contributed by atoms with E-state index in [1.54, 1.807) is 4.90 Å². The van der Waals surface area contributed by atoms with Gasteiger partial charge in [-0.2, -0.15) is 0 Å². The summed E-state index contributed by atoms with van der Waals surface area (Å²) in [5.41, 5.74) is 2.59. The van der Waals surface area contributed by atoms with Gasteiger partial charge in [-0.05, 0) is 18.6 Å². The molecule has 2 aromatic rings. The van der Waals surface area contributed by atoms with Crippen LogP contribution in [0.2, 0.25) is 0 Å². The van der Waals surface area contributed by atoms with Crippen molar-refractivity contribution >= 4 is 11.6 Å². The van der Waals surface area contributed by atoms with Crippen molar-refractivity contribution in [3.05, 3.63) is 59.7 Å². The van der Waals surface area contributed by atoms with Crippen molar-refractivity contribution in [2.75, 3.05) is 24.7 Å². The lowest BCUT2D eigenvalue weighted by molar-refractivity contribution is -0.180. The second-order valence-corrected chi connectivity index (χ2v) is 6.53. The summed E-state index contributed by atoms with van der Waals surface area (Å²) in [4.78, 5) is 14.9. The molecular formula is C21H23NO4. The number of ether oxygens (including phenoxy) is 3. The van der Waals surface area contributed by atoms with Gasteiger partial charge in [0.05, 0.1) is 32.1 Å². The standard InChI is InChI=1S/C21H23NO4/c1-2-3-12-24-19-11-7-4-8-16(19)15-22-18-10-6-5-9-17(18)21(20(22)23)25-13-14-26-21/h4-11H,2-3,12-15H2,1H3. The molecule has 0 N–H and O–H groups in total. The number of unbranched alkanes of at least 4 members (excludes halogenated alkanes) is 1. The molecule has 1 saturated heterocycles. The molecule has 2 aliphatic rings. The maximum atomic E-state index is 13.2. The minimum absolute atomic E-state index is 0.167. The second-order valence-electron chi connectivity index (χ2n) is 6.53. The van der Waals surface area contributed by atoms with E-state index in [4.69, 9.17) is 14.2 Å². The van der Waals surface area contributed by atoms with Gasteiger partial charge in [-0.3, -0.25) is 4.79 Å². The van der Waals surface area contributed by atoms with Crippen molar-refractivity contribution in [3.8, 4) is 5.75 Å². The predicted molar refractivity (Wildman–Crippen MR) is 98.1 cm³/mol. The van der Waals surface area contributed by atoms with E-state index in [1.807, 2.05) is 48.5 Å². The lowest BCUT2D eigenvalue weighted by Gasteiger charge is -2.23. The summed E-state index contributed by atoms with van der Waals surface area (Å²) in [5.74, 6) is -0.630. The first-order valence-electron chi connectivity index (χ1n) is 9.16. The fourth-order valence-corrected chi connectivity index (χ4v) is 3.51. The number of nitrogens with zero attached hydrogens (tertiary/aromatic N) is 1. The Hall–Kier alpha value is -2.37. The van der Waals surface area contributed by atoms with Gasteiger partial charge in [-0.15, -0.1) is 0 Å². The fraction of sp³-hybridized carbons (Fsp3) is 0.381. The van der Waals surface area contributed by atoms with Crippen LogP contribution in [0.25, 0.3) is 0 Å². The van der Waals surface area contributed by atoms with Crippen LogP contribution >= 0.6 is 0 Å². The van der Waals surface area contributed by atoms with Gasteiger partial charge in [0, 0.05) is 11.1 Å². The first-order chi connectivity index (χ1) is 12.8. The first kappa shape index (κ1) is 17.1. The summed E-state index contributed by atoms with van der Waals surface area (Å²) in [6.45, 7) is 4.08. The fourth-order valence-electron chi connectivity index (χ4n) is 3.51. The van der Waals surface area contributed by atoms with Crippen molar-refractivity contribution in [2.45, 2.75) is 32.1 Å². The van der Waals surface area contributed by atoms with Gasteiger partial charge in [0.25, 0.3) is 11.7 Å². The highest BCUT2D eigenvalue weighted by atomic mass is 16.7. The van der Waals surface area contributed by atoms with Crippen LogP contribution in [-0.4, -0.2) is 25.7 Å². The number of para-hydroxylation sites is 2. The Kier molecular flexibility index (Phi) is 4.66. The van der Waals surface area contributed by atoms with E-state index in [-0.39, 0.29) is 5.91 Å². The van der Waals surface area contributed by atoms with E-state index < -0.39 is 5.79 Å². The molecular weight excluding hydrogens is 330 g/mol. The molecule has 1 amide bonds. The van der Waals surface area contributed by atoms with E-state index >= 15 is 0 Å². The summed E-state index contributed by atoms with van der Waals surface area (Å²) in [6.07, 6.45) is 2.09. The molecule has 5 nitrogen and oxygen atoms in total. The van der Waals surface area contributed by atoms with Gasteiger partial charge in [0.15, 0.2) is 0 Å². The van der Waals surface area contributed by atoms with Crippen LogP contribution < -0.4 is 9.64 Å². The molecule has 0 radical (unpaired) electrons. The van der Waals surface area contributed by atoms with Crippen molar-refractivity contribution in [1.82, 2.24) is 0 Å². The normalized spacial score (nSPS) is 17.7. The van der Waals surface area contributed by atoms with Crippen LogP contribution in [0.4, 0.5) is 5.69 Å². The minimum Gasteiger partial charge on any atom is -0.493 e. The topological polar surface area (TPSA) is 48.0 Å². The number of amides is 1. The van der Waals surface area contributed by atoms with E-state index in [9.17, 15) is 4.79 Å². The van der Waals surface area contributed by atoms with Gasteiger partial charge in [0.1, 0.15) is 5.75 Å². The zero-order valence-corrected chi connectivity index (χ0v) is 14.9. The Morgan fingerprint density at radius 3 is 2.62 bits per heavy atom. The summed E-state index contributed by atoms with van der Waals surface area (Å²) in [6, 6.07) is 15.5. The summed E-state index contributed by atoms with van der Waals surface area (Å²) in [5, 5.41) is 0. The average molecular weight is 353 g/mol. The van der Waals surface area contributed by atoms with E-state index in [2.05, 4.69) is 6.92 Å². The molecule has 0 aromatic heterocycles. The number of hydrogen-bond acceptors (Lipinski definition) is 4. The molecule has 26 heavy (non-hydrogen) atoms. The molecule has 4 rings (SSSR count). The third-order valence-corrected chi connectivity index (χ3v) is 4.83. The van der Waals surface area contributed by atoms with Gasteiger partial charge in [-0.25, -0.2) is 0 Å². The monoisotopic (exact) mass is 353 g/mol. The third-order valence-electron chi connectivity index (χ3n) is 4.83. The lowest BCUT2D eigenvalue weighted by atomic mass is 10.1. The first-order valence-corrected chi connectivity index (χ1v) is 9.16.